The number of para-hydroxylation sites is 1. The highest BCUT2D eigenvalue weighted by Crippen LogP contribution is 2.35. The number of nitrogens with one attached hydrogen (secondary N) is 4. The highest BCUT2D eigenvalue weighted by atomic mass is 19.4. The summed E-state index contributed by atoms with van der Waals surface area (Å²) in [5.41, 5.74) is 1.55. The van der Waals surface area contributed by atoms with Crippen LogP contribution >= 0.6 is 0 Å². The monoisotopic (exact) mass is 566 g/mol. The normalized spacial score (nSPS) is 18.0. The lowest BCUT2D eigenvalue weighted by Gasteiger charge is -2.30. The van der Waals surface area contributed by atoms with Crippen LogP contribution in [0.3, 0.4) is 0 Å². The molecule has 214 valence electrons. The first kappa shape index (κ1) is 28.3. The number of benzene rings is 3. The highest BCUT2D eigenvalue weighted by molar-refractivity contribution is 6.19. The topological polar surface area (TPSA) is 111 Å². The molecule has 3 aromatic rings. The van der Waals surface area contributed by atoms with Gasteiger partial charge in [-0.25, -0.2) is 5.32 Å². The third-order valence-electron chi connectivity index (χ3n) is 6.73. The molecule has 0 bridgehead atoms. The number of fused-ring (bicyclic) bond motifs is 1. The number of aliphatic imine (C=N–C) groups is 1. The van der Waals surface area contributed by atoms with Crippen molar-refractivity contribution in [3.63, 3.8) is 0 Å². The van der Waals surface area contributed by atoms with Crippen molar-refractivity contribution in [2.45, 2.75) is 18.7 Å². The van der Waals surface area contributed by atoms with E-state index in [2.05, 4.69) is 20.9 Å². The van der Waals surface area contributed by atoms with E-state index in [1.807, 2.05) is 42.5 Å². The number of benzodiazepines with no additional fused rings is 1. The number of morpholine rings is 1. The minimum atomic E-state index is -4.72. The summed E-state index contributed by atoms with van der Waals surface area (Å²) in [7, 11) is 1.49. The van der Waals surface area contributed by atoms with E-state index >= 15 is 0 Å². The van der Waals surface area contributed by atoms with Crippen LogP contribution in [0.2, 0.25) is 0 Å². The van der Waals surface area contributed by atoms with Crippen molar-refractivity contribution in [1.82, 2.24) is 10.6 Å². The van der Waals surface area contributed by atoms with Gasteiger partial charge in [0.1, 0.15) is 0 Å². The van der Waals surface area contributed by atoms with Gasteiger partial charge in [0.2, 0.25) is 12.2 Å². The van der Waals surface area contributed by atoms with Gasteiger partial charge in [-0.1, -0.05) is 48.5 Å². The standard InChI is InChI=1S/C29H29F3N6O3/c1-34-28(41-25(33)20-12-11-19(17-22(20)29(30,31)32)38-13-15-40-16-14-38)37-26-27(39)35-23-10-6-5-9-21(23)24(36-26)18-7-3-2-4-8-18/h2-12,17,26,28,33-34,37H,13-16H2,1H3,(H,35,39). The molecule has 3 aromatic carbocycles. The molecule has 2 aliphatic rings. The van der Waals surface area contributed by atoms with E-state index < -0.39 is 41.6 Å². The average Bonchev–Trinajstić information content (AvgIpc) is 3.12. The number of carbonyl (C=O) groups is 1. The molecule has 0 aliphatic carbocycles. The maximum atomic E-state index is 14.1. The van der Waals surface area contributed by atoms with E-state index in [-0.39, 0.29) is 0 Å². The maximum absolute atomic E-state index is 14.1. The van der Waals surface area contributed by atoms with Gasteiger partial charge in [0.05, 0.1) is 30.2 Å². The maximum Gasteiger partial charge on any atom is 0.417 e. The molecule has 1 amide bonds. The van der Waals surface area contributed by atoms with Gasteiger partial charge in [-0.3, -0.25) is 20.5 Å². The summed E-state index contributed by atoms with van der Waals surface area (Å²) in [6.07, 6.45) is -7.13. The summed E-state index contributed by atoms with van der Waals surface area (Å²) >= 11 is 0. The van der Waals surface area contributed by atoms with Crippen LogP contribution in [0, 0.1) is 5.41 Å². The van der Waals surface area contributed by atoms with E-state index in [0.29, 0.717) is 49.0 Å². The molecule has 12 heteroatoms. The summed E-state index contributed by atoms with van der Waals surface area (Å²) in [4.78, 5) is 19.6. The number of hydrogen-bond donors (Lipinski definition) is 4. The first-order valence-corrected chi connectivity index (χ1v) is 13.0. The number of hydrogen-bond acceptors (Lipinski definition) is 8. The fourth-order valence-electron chi connectivity index (χ4n) is 4.68. The van der Waals surface area contributed by atoms with Gasteiger partial charge in [-0.2, -0.15) is 13.2 Å². The van der Waals surface area contributed by atoms with Crippen LogP contribution in [-0.2, 0) is 20.4 Å². The molecule has 0 spiro atoms. The van der Waals surface area contributed by atoms with Crippen molar-refractivity contribution < 1.29 is 27.4 Å². The molecule has 0 aromatic heterocycles. The zero-order valence-electron chi connectivity index (χ0n) is 22.2. The Bertz CT molecular complexity index is 1440. The van der Waals surface area contributed by atoms with Gasteiger partial charge in [0.25, 0.3) is 5.91 Å². The minimum absolute atomic E-state index is 0.387. The van der Waals surface area contributed by atoms with Crippen LogP contribution in [0.15, 0.2) is 77.8 Å². The molecular weight excluding hydrogens is 537 g/mol. The molecule has 2 unspecified atom stereocenters. The Kier molecular flexibility index (Phi) is 8.34. The van der Waals surface area contributed by atoms with Gasteiger partial charge < -0.3 is 19.7 Å². The molecule has 0 saturated carbocycles. The van der Waals surface area contributed by atoms with Crippen LogP contribution < -0.4 is 20.9 Å². The Morgan fingerprint density at radius 1 is 1.10 bits per heavy atom. The van der Waals surface area contributed by atoms with Crippen molar-refractivity contribution in [2.75, 3.05) is 43.6 Å². The van der Waals surface area contributed by atoms with E-state index in [1.54, 1.807) is 17.0 Å². The van der Waals surface area contributed by atoms with Gasteiger partial charge >= 0.3 is 6.18 Å². The Morgan fingerprint density at radius 3 is 2.51 bits per heavy atom. The van der Waals surface area contributed by atoms with Crippen molar-refractivity contribution >= 4 is 28.9 Å². The zero-order chi connectivity index (χ0) is 29.0. The first-order chi connectivity index (χ1) is 19.7. The first-order valence-electron chi connectivity index (χ1n) is 13.0. The van der Waals surface area contributed by atoms with Gasteiger partial charge in [0.15, 0.2) is 6.17 Å². The average molecular weight is 567 g/mol. The summed E-state index contributed by atoms with van der Waals surface area (Å²) in [6.45, 7) is 1.78. The Hall–Kier alpha value is -4.26. The number of anilines is 2. The summed E-state index contributed by atoms with van der Waals surface area (Å²) < 4.78 is 53.1. The molecule has 0 radical (unpaired) electrons. The number of nitrogens with zero attached hydrogens (tertiary/aromatic N) is 2. The molecule has 4 N–H and O–H groups in total. The predicted octanol–water partition coefficient (Wildman–Crippen LogP) is 3.79. The van der Waals surface area contributed by atoms with Crippen LogP contribution in [0.1, 0.15) is 22.3 Å². The smallest absolute Gasteiger partial charge is 0.417 e. The predicted molar refractivity (Wildman–Crippen MR) is 149 cm³/mol. The lowest BCUT2D eigenvalue weighted by molar-refractivity contribution is -0.137. The van der Waals surface area contributed by atoms with Crippen LogP contribution in [0.5, 0.6) is 0 Å². The third kappa shape index (κ3) is 6.40. The van der Waals surface area contributed by atoms with Crippen LogP contribution in [0.4, 0.5) is 24.5 Å². The van der Waals surface area contributed by atoms with Crippen molar-refractivity contribution in [3.8, 4) is 0 Å². The van der Waals surface area contributed by atoms with E-state index in [1.165, 1.54) is 19.2 Å². The number of carbonyl (C=O) groups excluding carboxylic acids is 1. The largest absolute Gasteiger partial charge is 0.445 e. The second kappa shape index (κ2) is 12.1. The third-order valence-corrected chi connectivity index (χ3v) is 6.73. The molecular formula is C29H29F3N6O3. The second-order valence-electron chi connectivity index (χ2n) is 9.39. The van der Waals surface area contributed by atoms with Crippen molar-refractivity contribution in [3.05, 3.63) is 95.1 Å². The number of alkyl halides is 3. The Labute approximate surface area is 234 Å². The summed E-state index contributed by atoms with van der Waals surface area (Å²) in [6, 6.07) is 20.3. The molecule has 2 heterocycles. The molecule has 9 nitrogen and oxygen atoms in total. The SMILES string of the molecule is CNC(NC1N=C(c2ccccc2)c2ccccc2NC1=O)OC(=N)c1ccc(N2CCOCC2)cc1C(F)(F)F. The summed E-state index contributed by atoms with van der Waals surface area (Å²) in [5.74, 6) is -1.22. The molecule has 5 rings (SSSR count). The van der Waals surface area contributed by atoms with Crippen molar-refractivity contribution in [1.29, 1.82) is 5.41 Å². The zero-order valence-corrected chi connectivity index (χ0v) is 22.2. The number of amides is 1. The van der Waals surface area contributed by atoms with Gasteiger partial charge in [-0.05, 0) is 31.3 Å². The molecule has 41 heavy (non-hydrogen) atoms. The number of rotatable bonds is 7. The van der Waals surface area contributed by atoms with E-state index in [9.17, 15) is 18.0 Å². The Morgan fingerprint density at radius 2 is 1.80 bits per heavy atom. The second-order valence-corrected chi connectivity index (χ2v) is 9.39. The quantitative estimate of drug-likeness (QED) is 0.197. The highest BCUT2D eigenvalue weighted by Gasteiger charge is 2.36. The lowest BCUT2D eigenvalue weighted by atomic mass is 10.0. The number of ether oxygens (including phenoxy) is 2. The van der Waals surface area contributed by atoms with Gasteiger partial charge in [-0.15, -0.1) is 0 Å². The van der Waals surface area contributed by atoms with Crippen LogP contribution in [0.25, 0.3) is 0 Å². The minimum Gasteiger partial charge on any atom is -0.445 e. The summed E-state index contributed by atoms with van der Waals surface area (Å²) in [5, 5.41) is 16.9. The Balaban J connectivity index is 1.40. The molecule has 1 saturated heterocycles. The molecule has 2 atom stereocenters. The van der Waals surface area contributed by atoms with E-state index in [0.717, 1.165) is 11.6 Å². The van der Waals surface area contributed by atoms with Crippen molar-refractivity contribution in [2.24, 2.45) is 4.99 Å². The van der Waals surface area contributed by atoms with Crippen LogP contribution in [-0.4, -0.2) is 63.4 Å². The fourth-order valence-corrected chi connectivity index (χ4v) is 4.68. The fraction of sp³-hybridized carbons (Fsp3) is 0.276. The lowest BCUT2D eigenvalue weighted by Crippen LogP contribution is -2.52. The van der Waals surface area contributed by atoms with Gasteiger partial charge in [0, 0.05) is 35.5 Å². The molecule has 2 aliphatic heterocycles. The molecule has 1 fully saturated rings. The van der Waals surface area contributed by atoms with E-state index in [4.69, 9.17) is 14.9 Å². The number of halogens is 3.